The largest absolute Gasteiger partial charge is 0.218 e. The van der Waals surface area contributed by atoms with Gasteiger partial charge in [-0.05, 0) is 43.7 Å². The molecule has 0 fully saturated rings. The molecule has 102 valence electrons. The molecule has 0 saturated carbocycles. The second kappa shape index (κ2) is 5.61. The van der Waals surface area contributed by atoms with Crippen molar-refractivity contribution in [2.24, 2.45) is 0 Å². The fourth-order valence-electron chi connectivity index (χ4n) is 1.83. The van der Waals surface area contributed by atoms with Gasteiger partial charge in [0.05, 0.1) is 4.90 Å². The topological polar surface area (TPSA) is 57.9 Å². The summed E-state index contributed by atoms with van der Waals surface area (Å²) in [5, 5.41) is 9.19. The normalized spacial score (nSPS) is 12.2. The van der Waals surface area contributed by atoms with Gasteiger partial charge in [-0.2, -0.15) is 5.26 Å². The number of hydrogen-bond donors (Lipinski definition) is 0. The van der Waals surface area contributed by atoms with Crippen molar-refractivity contribution in [1.29, 1.82) is 5.26 Å². The highest BCUT2D eigenvalue weighted by Gasteiger charge is 2.20. The first-order chi connectivity index (χ1) is 9.45. The summed E-state index contributed by atoms with van der Waals surface area (Å²) in [6, 6.07) is 11.7. The minimum atomic E-state index is -3.75. The molecule has 0 bridgehead atoms. The highest BCUT2D eigenvalue weighted by atomic mass is 32.2. The number of aryl methyl sites for hydroxylation is 2. The highest BCUT2D eigenvalue weighted by molar-refractivity contribution is 7.95. The van der Waals surface area contributed by atoms with Gasteiger partial charge < -0.3 is 0 Å². The lowest BCUT2D eigenvalue weighted by molar-refractivity contribution is 0.603. The van der Waals surface area contributed by atoms with Gasteiger partial charge in [0.15, 0.2) is 0 Å². The Morgan fingerprint density at radius 1 is 1.25 bits per heavy atom. The van der Waals surface area contributed by atoms with E-state index in [1.807, 2.05) is 19.9 Å². The third-order valence-corrected chi connectivity index (χ3v) is 5.48. The summed E-state index contributed by atoms with van der Waals surface area (Å²) in [5.41, 5.74) is 0.781. The number of nitriles is 1. The summed E-state index contributed by atoms with van der Waals surface area (Å²) in [4.78, 5) is 1.99. The van der Waals surface area contributed by atoms with Crippen molar-refractivity contribution in [2.45, 2.75) is 18.7 Å². The lowest BCUT2D eigenvalue weighted by Gasteiger charge is -2.02. The molecular weight excluding hydrogens is 290 g/mol. The second-order valence-corrected chi connectivity index (χ2v) is 7.68. The van der Waals surface area contributed by atoms with E-state index in [4.69, 9.17) is 0 Å². The number of nitrogens with zero attached hydrogens (tertiary/aromatic N) is 1. The Morgan fingerprint density at radius 2 is 1.90 bits per heavy atom. The second-order valence-electron chi connectivity index (χ2n) is 4.31. The van der Waals surface area contributed by atoms with Crippen LogP contribution in [-0.2, 0) is 9.84 Å². The molecule has 0 amide bonds. The third-order valence-electron chi connectivity index (χ3n) is 2.82. The fraction of sp³-hybridized carbons (Fsp3) is 0.133. The van der Waals surface area contributed by atoms with Crippen molar-refractivity contribution in [3.8, 4) is 6.07 Å². The molecule has 0 aliphatic heterocycles. The molecule has 0 aliphatic rings. The van der Waals surface area contributed by atoms with Crippen molar-refractivity contribution < 1.29 is 8.42 Å². The minimum Gasteiger partial charge on any atom is -0.218 e. The Morgan fingerprint density at radius 3 is 2.40 bits per heavy atom. The number of benzene rings is 1. The van der Waals surface area contributed by atoms with E-state index in [1.165, 1.54) is 18.2 Å². The first kappa shape index (κ1) is 14.5. The molecule has 1 aromatic heterocycles. The van der Waals surface area contributed by atoms with Gasteiger partial charge in [-0.1, -0.05) is 18.2 Å². The maximum Gasteiger partial charge on any atom is 0.216 e. The zero-order valence-electron chi connectivity index (χ0n) is 11.1. The zero-order valence-corrected chi connectivity index (χ0v) is 12.8. The van der Waals surface area contributed by atoms with Crippen molar-refractivity contribution in [1.82, 2.24) is 0 Å². The molecule has 2 rings (SSSR count). The van der Waals surface area contributed by atoms with Crippen LogP contribution in [0.5, 0.6) is 0 Å². The summed E-state index contributed by atoms with van der Waals surface area (Å²) < 4.78 is 24.8. The molecule has 3 nitrogen and oxygen atoms in total. The molecule has 0 atom stereocenters. The third kappa shape index (κ3) is 2.82. The van der Waals surface area contributed by atoms with E-state index in [2.05, 4.69) is 0 Å². The van der Waals surface area contributed by atoms with Crippen LogP contribution in [0.4, 0.5) is 0 Å². The van der Waals surface area contributed by atoms with Gasteiger partial charge in [0.25, 0.3) is 0 Å². The molecule has 0 aliphatic carbocycles. The average molecular weight is 303 g/mol. The van der Waals surface area contributed by atoms with Crippen LogP contribution < -0.4 is 0 Å². The van der Waals surface area contributed by atoms with Gasteiger partial charge >= 0.3 is 0 Å². The quantitative estimate of drug-likeness (QED) is 0.812. The molecule has 0 spiro atoms. The summed E-state index contributed by atoms with van der Waals surface area (Å²) in [6.07, 6.45) is 1.45. The van der Waals surface area contributed by atoms with E-state index in [-0.39, 0.29) is 9.80 Å². The molecule has 0 saturated heterocycles. The van der Waals surface area contributed by atoms with Crippen molar-refractivity contribution >= 4 is 27.3 Å². The summed E-state index contributed by atoms with van der Waals surface area (Å²) in [6.45, 7) is 3.86. The van der Waals surface area contributed by atoms with E-state index in [0.717, 1.165) is 15.3 Å². The van der Waals surface area contributed by atoms with Crippen LogP contribution in [0, 0.1) is 25.2 Å². The van der Waals surface area contributed by atoms with Crippen LogP contribution in [0.25, 0.3) is 6.08 Å². The molecule has 0 N–H and O–H groups in total. The van der Waals surface area contributed by atoms with Crippen molar-refractivity contribution in [2.75, 3.05) is 0 Å². The summed E-state index contributed by atoms with van der Waals surface area (Å²) in [5.74, 6) is 0. The van der Waals surface area contributed by atoms with Crippen LogP contribution in [0.1, 0.15) is 15.3 Å². The lowest BCUT2D eigenvalue weighted by Crippen LogP contribution is -2.03. The molecule has 1 aromatic carbocycles. The van der Waals surface area contributed by atoms with Gasteiger partial charge in [0, 0.05) is 9.75 Å². The Hall–Kier alpha value is -1.90. The first-order valence-corrected chi connectivity index (χ1v) is 8.24. The van der Waals surface area contributed by atoms with Crippen molar-refractivity contribution in [3.05, 3.63) is 56.6 Å². The number of thiophene rings is 1. The van der Waals surface area contributed by atoms with Gasteiger partial charge in [-0.3, -0.25) is 0 Å². The number of sulfone groups is 1. The molecule has 0 unspecified atom stereocenters. The van der Waals surface area contributed by atoms with Gasteiger partial charge in [0.2, 0.25) is 9.84 Å². The molecular formula is C15H13NO2S2. The maximum absolute atomic E-state index is 12.4. The lowest BCUT2D eigenvalue weighted by atomic mass is 10.2. The molecule has 2 aromatic rings. The minimum absolute atomic E-state index is 0.136. The van der Waals surface area contributed by atoms with E-state index in [9.17, 15) is 13.7 Å². The summed E-state index contributed by atoms with van der Waals surface area (Å²) in [7, 11) is -3.75. The van der Waals surface area contributed by atoms with Crippen LogP contribution in [0.15, 0.2) is 46.2 Å². The SMILES string of the molecule is Cc1cc(C=C(C#N)S(=O)(=O)c2ccccc2)c(C)s1. The van der Waals surface area contributed by atoms with Crippen LogP contribution in [0.3, 0.4) is 0 Å². The monoisotopic (exact) mass is 303 g/mol. The number of hydrogen-bond acceptors (Lipinski definition) is 4. The Bertz CT molecular complexity index is 794. The zero-order chi connectivity index (χ0) is 14.8. The van der Waals surface area contributed by atoms with Crippen LogP contribution >= 0.6 is 11.3 Å². The predicted molar refractivity (Wildman–Crippen MR) is 81.0 cm³/mol. The van der Waals surface area contributed by atoms with E-state index >= 15 is 0 Å². The maximum atomic E-state index is 12.4. The van der Waals surface area contributed by atoms with Gasteiger partial charge in [-0.15, -0.1) is 11.3 Å². The molecule has 5 heteroatoms. The van der Waals surface area contributed by atoms with Crippen LogP contribution in [-0.4, -0.2) is 8.42 Å². The standard InChI is InChI=1S/C15H13NO2S2/c1-11-8-13(12(2)19-11)9-15(10-16)20(17,18)14-6-4-3-5-7-14/h3-9H,1-2H3. The first-order valence-electron chi connectivity index (χ1n) is 5.94. The number of allylic oxidation sites excluding steroid dienone is 1. The van der Waals surface area contributed by atoms with Gasteiger partial charge in [-0.25, -0.2) is 8.42 Å². The van der Waals surface area contributed by atoms with E-state index in [0.29, 0.717) is 0 Å². The fourth-order valence-corrected chi connectivity index (χ4v) is 3.91. The van der Waals surface area contributed by atoms with Crippen LogP contribution in [0.2, 0.25) is 0 Å². The molecule has 0 radical (unpaired) electrons. The highest BCUT2D eigenvalue weighted by Crippen LogP contribution is 2.26. The Labute approximate surface area is 122 Å². The predicted octanol–water partition coefficient (Wildman–Crippen LogP) is 3.70. The van der Waals surface area contributed by atoms with Gasteiger partial charge in [0.1, 0.15) is 11.0 Å². The Kier molecular flexibility index (Phi) is 4.07. The smallest absolute Gasteiger partial charge is 0.216 e. The molecule has 20 heavy (non-hydrogen) atoms. The van der Waals surface area contributed by atoms with E-state index < -0.39 is 9.84 Å². The van der Waals surface area contributed by atoms with E-state index in [1.54, 1.807) is 35.6 Å². The molecule has 1 heterocycles. The number of rotatable bonds is 3. The Balaban J connectivity index is 2.54. The average Bonchev–Trinajstić information content (AvgIpc) is 2.75. The summed E-state index contributed by atoms with van der Waals surface area (Å²) >= 11 is 1.58. The van der Waals surface area contributed by atoms with Crippen molar-refractivity contribution in [3.63, 3.8) is 0 Å².